The first kappa shape index (κ1) is 17.4. The second-order valence-electron chi connectivity index (χ2n) is 7.63. The van der Waals surface area contributed by atoms with Crippen molar-refractivity contribution in [2.45, 2.75) is 26.8 Å². The summed E-state index contributed by atoms with van der Waals surface area (Å²) in [5.74, 6) is 1.88. The molecule has 3 heterocycles. The smallest absolute Gasteiger partial charge is 0.260 e. The van der Waals surface area contributed by atoms with E-state index in [1.165, 1.54) is 34.8 Å². The molecule has 6 heteroatoms. The SMILES string of the molecule is C[C@@H]1C[C@@H](C)C[NH+](Cc2nc3scc(-c4ccc(F)cc4)c3c(=O)[nH]2)C1. The summed E-state index contributed by atoms with van der Waals surface area (Å²) in [6.45, 7) is 7.59. The van der Waals surface area contributed by atoms with Crippen molar-refractivity contribution in [1.82, 2.24) is 9.97 Å². The van der Waals surface area contributed by atoms with Gasteiger partial charge in [0, 0.05) is 22.8 Å². The van der Waals surface area contributed by atoms with Crippen LogP contribution in [0.5, 0.6) is 0 Å². The molecule has 0 aliphatic carbocycles. The number of aromatic nitrogens is 2. The molecule has 0 bridgehead atoms. The Morgan fingerprint density at radius 3 is 2.62 bits per heavy atom. The summed E-state index contributed by atoms with van der Waals surface area (Å²) in [4.78, 5) is 22.6. The molecule has 0 radical (unpaired) electrons. The maximum absolute atomic E-state index is 13.2. The number of hydrogen-bond donors (Lipinski definition) is 2. The number of likely N-dealkylation sites (tertiary alicyclic amines) is 1. The number of nitrogens with zero attached hydrogens (tertiary/aromatic N) is 1. The van der Waals surface area contributed by atoms with Gasteiger partial charge in [-0.15, -0.1) is 11.3 Å². The predicted octanol–water partition coefficient (Wildman–Crippen LogP) is 2.85. The topological polar surface area (TPSA) is 50.2 Å². The fourth-order valence-corrected chi connectivity index (χ4v) is 5.19. The number of fused-ring (bicyclic) bond motifs is 1. The first-order valence-corrected chi connectivity index (χ1v) is 9.97. The zero-order valence-electron chi connectivity index (χ0n) is 15.0. The summed E-state index contributed by atoms with van der Waals surface area (Å²) >= 11 is 1.47. The lowest BCUT2D eigenvalue weighted by Crippen LogP contribution is -3.13. The Balaban J connectivity index is 1.66. The molecule has 1 aliphatic heterocycles. The van der Waals surface area contributed by atoms with Gasteiger partial charge >= 0.3 is 0 Å². The van der Waals surface area contributed by atoms with Crippen LogP contribution in [-0.2, 0) is 6.54 Å². The molecule has 0 amide bonds. The van der Waals surface area contributed by atoms with Gasteiger partial charge < -0.3 is 9.88 Å². The summed E-state index contributed by atoms with van der Waals surface area (Å²) in [6.07, 6.45) is 1.28. The highest BCUT2D eigenvalue weighted by atomic mass is 32.1. The molecule has 4 rings (SSSR count). The second kappa shape index (κ2) is 6.93. The van der Waals surface area contributed by atoms with E-state index in [-0.39, 0.29) is 11.4 Å². The number of halogens is 1. The lowest BCUT2D eigenvalue weighted by atomic mass is 9.92. The summed E-state index contributed by atoms with van der Waals surface area (Å²) in [6, 6.07) is 6.23. The maximum Gasteiger partial charge on any atom is 0.260 e. The van der Waals surface area contributed by atoms with E-state index in [2.05, 4.69) is 18.8 Å². The van der Waals surface area contributed by atoms with Crippen molar-refractivity contribution >= 4 is 21.6 Å². The van der Waals surface area contributed by atoms with Gasteiger partial charge in [-0.3, -0.25) is 4.79 Å². The van der Waals surface area contributed by atoms with Crippen LogP contribution < -0.4 is 10.5 Å². The van der Waals surface area contributed by atoms with Crippen LogP contribution >= 0.6 is 11.3 Å². The van der Waals surface area contributed by atoms with Gasteiger partial charge in [0.1, 0.15) is 17.2 Å². The van der Waals surface area contributed by atoms with Gasteiger partial charge in [0.15, 0.2) is 5.82 Å². The van der Waals surface area contributed by atoms with Crippen LogP contribution in [0.15, 0.2) is 34.4 Å². The number of benzene rings is 1. The fourth-order valence-electron chi connectivity index (χ4n) is 4.22. The first-order valence-electron chi connectivity index (χ1n) is 9.09. The fraction of sp³-hybridized carbons (Fsp3) is 0.400. The quantitative estimate of drug-likeness (QED) is 0.743. The Kier molecular flexibility index (Phi) is 4.63. The number of rotatable bonds is 3. The molecular weight excluding hydrogens is 349 g/mol. The average Bonchev–Trinajstić information content (AvgIpc) is 2.99. The number of quaternary nitrogens is 1. The van der Waals surface area contributed by atoms with Crippen LogP contribution in [0, 0.1) is 17.7 Å². The molecule has 1 fully saturated rings. The van der Waals surface area contributed by atoms with Crippen molar-refractivity contribution < 1.29 is 9.29 Å². The van der Waals surface area contributed by atoms with E-state index in [0.29, 0.717) is 17.2 Å². The number of hydrogen-bond acceptors (Lipinski definition) is 3. The molecular formula is C20H23FN3OS+. The lowest BCUT2D eigenvalue weighted by Gasteiger charge is -2.31. The molecule has 1 aromatic carbocycles. The van der Waals surface area contributed by atoms with Gasteiger partial charge in [-0.05, 0) is 24.1 Å². The van der Waals surface area contributed by atoms with Crippen LogP contribution in [0.25, 0.3) is 21.3 Å². The van der Waals surface area contributed by atoms with Crippen LogP contribution in [0.1, 0.15) is 26.1 Å². The van der Waals surface area contributed by atoms with Crippen molar-refractivity contribution in [2.24, 2.45) is 11.8 Å². The van der Waals surface area contributed by atoms with Gasteiger partial charge in [0.05, 0.1) is 18.5 Å². The van der Waals surface area contributed by atoms with Crippen molar-refractivity contribution in [3.8, 4) is 11.1 Å². The van der Waals surface area contributed by atoms with Crippen LogP contribution in [0.3, 0.4) is 0 Å². The molecule has 2 N–H and O–H groups in total. The summed E-state index contributed by atoms with van der Waals surface area (Å²) in [5.41, 5.74) is 1.54. The number of aromatic amines is 1. The summed E-state index contributed by atoms with van der Waals surface area (Å²) in [5, 5.41) is 2.53. The third-order valence-electron chi connectivity index (χ3n) is 5.14. The van der Waals surface area contributed by atoms with E-state index in [1.807, 2.05) is 5.38 Å². The van der Waals surface area contributed by atoms with E-state index >= 15 is 0 Å². The van der Waals surface area contributed by atoms with Crippen molar-refractivity contribution in [1.29, 1.82) is 0 Å². The van der Waals surface area contributed by atoms with Crippen LogP contribution in [0.2, 0.25) is 0 Å². The molecule has 26 heavy (non-hydrogen) atoms. The van der Waals surface area contributed by atoms with Gasteiger partial charge in [-0.25, -0.2) is 9.37 Å². The molecule has 2 aromatic heterocycles. The number of piperidine rings is 1. The van der Waals surface area contributed by atoms with Gasteiger partial charge in [0.2, 0.25) is 0 Å². The number of H-pyrrole nitrogens is 1. The molecule has 0 saturated carbocycles. The molecule has 136 valence electrons. The van der Waals surface area contributed by atoms with Gasteiger partial charge in [0.25, 0.3) is 5.56 Å². The van der Waals surface area contributed by atoms with E-state index in [4.69, 9.17) is 4.98 Å². The van der Waals surface area contributed by atoms with E-state index < -0.39 is 0 Å². The third kappa shape index (κ3) is 3.44. The zero-order chi connectivity index (χ0) is 18.3. The highest BCUT2D eigenvalue weighted by molar-refractivity contribution is 7.17. The zero-order valence-corrected chi connectivity index (χ0v) is 15.8. The third-order valence-corrected chi connectivity index (χ3v) is 6.02. The van der Waals surface area contributed by atoms with Gasteiger partial charge in [-0.1, -0.05) is 26.0 Å². The largest absolute Gasteiger partial charge is 0.328 e. The Morgan fingerprint density at radius 1 is 1.23 bits per heavy atom. The normalized spacial score (nSPS) is 23.4. The monoisotopic (exact) mass is 372 g/mol. The van der Waals surface area contributed by atoms with Crippen molar-refractivity contribution in [3.63, 3.8) is 0 Å². The Labute approximate surface area is 155 Å². The minimum absolute atomic E-state index is 0.108. The molecule has 0 spiro atoms. The minimum atomic E-state index is -0.282. The van der Waals surface area contributed by atoms with Gasteiger partial charge in [-0.2, -0.15) is 0 Å². The molecule has 4 nitrogen and oxygen atoms in total. The Morgan fingerprint density at radius 2 is 1.92 bits per heavy atom. The molecule has 3 aromatic rings. The Bertz CT molecular complexity index is 969. The minimum Gasteiger partial charge on any atom is -0.328 e. The van der Waals surface area contributed by atoms with E-state index in [9.17, 15) is 9.18 Å². The van der Waals surface area contributed by atoms with Crippen molar-refractivity contribution in [3.05, 3.63) is 51.6 Å². The molecule has 1 aliphatic rings. The Hall–Kier alpha value is -2.05. The molecule has 1 saturated heterocycles. The van der Waals surface area contributed by atoms with Crippen LogP contribution in [-0.4, -0.2) is 23.1 Å². The summed E-state index contributed by atoms with van der Waals surface area (Å²) < 4.78 is 13.2. The predicted molar refractivity (Wildman–Crippen MR) is 103 cm³/mol. The van der Waals surface area contributed by atoms with Crippen molar-refractivity contribution in [2.75, 3.05) is 13.1 Å². The molecule has 2 atom stereocenters. The maximum atomic E-state index is 13.2. The molecule has 0 unspecified atom stereocenters. The summed E-state index contributed by atoms with van der Waals surface area (Å²) in [7, 11) is 0. The average molecular weight is 372 g/mol. The lowest BCUT2D eigenvalue weighted by molar-refractivity contribution is -0.926. The first-order chi connectivity index (χ1) is 12.5. The highest BCUT2D eigenvalue weighted by Gasteiger charge is 2.26. The van der Waals surface area contributed by atoms with E-state index in [0.717, 1.165) is 41.4 Å². The number of thiophene rings is 1. The highest BCUT2D eigenvalue weighted by Crippen LogP contribution is 2.30. The second-order valence-corrected chi connectivity index (χ2v) is 8.49. The number of nitrogens with one attached hydrogen (secondary N) is 2. The van der Waals surface area contributed by atoms with E-state index in [1.54, 1.807) is 12.1 Å². The van der Waals surface area contributed by atoms with Crippen LogP contribution in [0.4, 0.5) is 4.39 Å². The standard InChI is InChI=1S/C20H22FN3OS/c1-12-7-13(2)9-24(8-12)10-17-22-19(25)18-16(11-26-20(18)23-17)14-3-5-15(21)6-4-14/h3-6,11-13H,7-10H2,1-2H3,(H,22,23,25)/p+1/t12-,13-/m1/s1.